The highest BCUT2D eigenvalue weighted by Crippen LogP contribution is 2.38. The third kappa shape index (κ3) is 7.54. The maximum Gasteiger partial charge on any atom is 0.259 e. The summed E-state index contributed by atoms with van der Waals surface area (Å²) in [5.74, 6) is -3.71. The summed E-state index contributed by atoms with van der Waals surface area (Å²) in [6.45, 7) is 1.45. The maximum atomic E-state index is 13.6. The molecule has 4 aromatic rings. The molecule has 0 aliphatic carbocycles. The van der Waals surface area contributed by atoms with Crippen LogP contribution in [0.2, 0.25) is 0 Å². The third-order valence-electron chi connectivity index (χ3n) is 8.63. The highest BCUT2D eigenvalue weighted by Gasteiger charge is 2.39. The molecule has 6 amide bonds. The van der Waals surface area contributed by atoms with Crippen molar-refractivity contribution in [3.05, 3.63) is 78.1 Å². The van der Waals surface area contributed by atoms with E-state index < -0.39 is 60.1 Å². The molecule has 0 saturated heterocycles. The molecule has 49 heavy (non-hydrogen) atoms. The molecule has 0 spiro atoms. The van der Waals surface area contributed by atoms with Gasteiger partial charge in [0.05, 0.1) is 30.2 Å². The minimum absolute atomic E-state index is 0.127. The zero-order valence-electron chi connectivity index (χ0n) is 27.3. The molecule has 8 N–H and O–H groups in total. The maximum absolute atomic E-state index is 13.6. The Hall–Kier alpha value is -5.76. The average Bonchev–Trinajstić information content (AvgIpc) is 3.74. The van der Waals surface area contributed by atoms with E-state index in [2.05, 4.69) is 21.3 Å². The van der Waals surface area contributed by atoms with Crippen LogP contribution in [0.1, 0.15) is 44.2 Å². The molecule has 1 aliphatic rings. The molecule has 1 unspecified atom stereocenters. The van der Waals surface area contributed by atoms with Crippen molar-refractivity contribution in [2.45, 2.75) is 50.7 Å². The molecule has 5 rings (SSSR count). The molecule has 0 radical (unpaired) electrons. The number of para-hydroxylation sites is 2. The van der Waals surface area contributed by atoms with Gasteiger partial charge in [-0.25, -0.2) is 0 Å². The molecule has 2 aromatic heterocycles. The highest BCUT2D eigenvalue weighted by atomic mass is 16.2. The molecule has 3 heterocycles. The van der Waals surface area contributed by atoms with Gasteiger partial charge in [-0.15, -0.1) is 0 Å². The van der Waals surface area contributed by atoms with Crippen LogP contribution in [0.3, 0.4) is 0 Å². The molecular weight excluding hydrogens is 628 g/mol. The smallest absolute Gasteiger partial charge is 0.259 e. The molecule has 0 bridgehead atoms. The second kappa shape index (κ2) is 15.0. The Morgan fingerprint density at radius 2 is 1.61 bits per heavy atom. The zero-order chi connectivity index (χ0) is 35.2. The molecule has 1 aliphatic heterocycles. The summed E-state index contributed by atoms with van der Waals surface area (Å²) in [4.78, 5) is 77.6. The molecule has 0 saturated carbocycles. The lowest BCUT2D eigenvalue weighted by molar-refractivity contribution is -0.131. The number of imide groups is 1. The van der Waals surface area contributed by atoms with Gasteiger partial charge in [0.25, 0.3) is 11.8 Å². The lowest BCUT2D eigenvalue weighted by Gasteiger charge is -2.22. The quantitative estimate of drug-likeness (QED) is 0.0795. The van der Waals surface area contributed by atoms with Crippen LogP contribution in [-0.4, -0.2) is 69.8 Å². The summed E-state index contributed by atoms with van der Waals surface area (Å²) in [5, 5.41) is 11.7. The summed E-state index contributed by atoms with van der Waals surface area (Å²) in [5.41, 5.74) is 13.3. The topological polar surface area (TPSA) is 212 Å². The number of primary amides is 1. The second-order valence-electron chi connectivity index (χ2n) is 12.1. The molecule has 14 heteroatoms. The van der Waals surface area contributed by atoms with Gasteiger partial charge in [0.15, 0.2) is 0 Å². The van der Waals surface area contributed by atoms with Crippen molar-refractivity contribution in [2.75, 3.05) is 13.1 Å². The van der Waals surface area contributed by atoms with Gasteiger partial charge in [-0.2, -0.15) is 0 Å². The Kier molecular flexibility index (Phi) is 10.6. The first-order valence-electron chi connectivity index (χ1n) is 16.1. The minimum Gasteiger partial charge on any atom is -0.368 e. The monoisotopic (exact) mass is 668 g/mol. The van der Waals surface area contributed by atoms with E-state index in [4.69, 9.17) is 11.5 Å². The van der Waals surface area contributed by atoms with Crippen LogP contribution in [0.25, 0.3) is 27.4 Å². The fraction of sp³-hybridized carbons (Fsp3) is 0.314. The molecular formula is C35H40N8O6. The number of amides is 6. The Morgan fingerprint density at radius 3 is 2.35 bits per heavy atom. The number of aryl methyl sites for hydroxylation is 1. The first-order valence-corrected chi connectivity index (χ1v) is 16.1. The van der Waals surface area contributed by atoms with Crippen molar-refractivity contribution < 1.29 is 28.8 Å². The Labute approximate surface area is 282 Å². The summed E-state index contributed by atoms with van der Waals surface area (Å²) < 4.78 is 3.65. The third-order valence-corrected chi connectivity index (χ3v) is 8.63. The number of hydrogen-bond acceptors (Lipinski definition) is 7. The number of aromatic nitrogens is 2. The van der Waals surface area contributed by atoms with E-state index in [9.17, 15) is 28.8 Å². The predicted octanol–water partition coefficient (Wildman–Crippen LogP) is 0.894. The number of nitrogens with zero attached hydrogens (tertiary/aromatic N) is 2. The van der Waals surface area contributed by atoms with Crippen molar-refractivity contribution in [1.29, 1.82) is 0 Å². The largest absolute Gasteiger partial charge is 0.368 e. The number of rotatable bonds is 15. The van der Waals surface area contributed by atoms with Gasteiger partial charge in [0, 0.05) is 41.4 Å². The standard InChI is InChI=1S/C35H40N8O6/c1-20(33(47)38-18-29(45)40-24(32(37)46)11-7-8-15-36)39-28(44)17-27(43-16-14-21-9-3-5-12-25(21)43)31-30(34(48)41-35(31)49)23-19-42(2)26-13-6-4-10-22(23)26/h3-6,9-10,12-14,16,19-20,24,27H,7-8,11,15,17-18,36H2,1-2H3,(H2,37,46)(H,38,47)(H,39,44)(H,40,45)(H,41,48,49)/t20-,24-,27?/m0/s1. The van der Waals surface area contributed by atoms with Crippen molar-refractivity contribution in [1.82, 2.24) is 30.4 Å². The molecule has 0 fully saturated rings. The second-order valence-corrected chi connectivity index (χ2v) is 12.1. The van der Waals surface area contributed by atoms with Crippen molar-refractivity contribution in [2.24, 2.45) is 18.5 Å². The van der Waals surface area contributed by atoms with Crippen LogP contribution in [0.5, 0.6) is 0 Å². The van der Waals surface area contributed by atoms with Gasteiger partial charge in [0.2, 0.25) is 23.6 Å². The normalized spacial score (nSPS) is 14.8. The van der Waals surface area contributed by atoms with Crippen LogP contribution in [0.15, 0.2) is 72.6 Å². The van der Waals surface area contributed by atoms with E-state index in [0.29, 0.717) is 31.4 Å². The first-order chi connectivity index (χ1) is 23.5. The van der Waals surface area contributed by atoms with Gasteiger partial charge in [-0.05, 0) is 56.3 Å². The van der Waals surface area contributed by atoms with Gasteiger partial charge in [0.1, 0.15) is 12.1 Å². The van der Waals surface area contributed by atoms with Crippen molar-refractivity contribution >= 4 is 62.8 Å². The number of fused-ring (bicyclic) bond motifs is 2. The SMILES string of the molecule is C[C@H](NC(=O)CC(C1=C(c2cn(C)c3ccccc23)C(=O)NC1=O)n1ccc2ccccc21)C(=O)NCC(=O)N[C@@H](CCCCN)C(N)=O. The minimum atomic E-state index is -1.07. The zero-order valence-corrected chi connectivity index (χ0v) is 27.3. The summed E-state index contributed by atoms with van der Waals surface area (Å²) in [6, 6.07) is 13.9. The van der Waals surface area contributed by atoms with Crippen molar-refractivity contribution in [3.63, 3.8) is 0 Å². The van der Waals surface area contributed by atoms with E-state index in [1.54, 1.807) is 17.0 Å². The summed E-state index contributed by atoms with van der Waals surface area (Å²) in [6.07, 6.45) is 4.84. The number of carbonyl (C=O) groups excluding carboxylic acids is 6. The van der Waals surface area contributed by atoms with E-state index in [1.165, 1.54) is 6.92 Å². The van der Waals surface area contributed by atoms with Gasteiger partial charge >= 0.3 is 0 Å². The van der Waals surface area contributed by atoms with Gasteiger partial charge in [-0.3, -0.25) is 34.1 Å². The van der Waals surface area contributed by atoms with E-state index in [0.717, 1.165) is 21.8 Å². The molecule has 2 aromatic carbocycles. The van der Waals surface area contributed by atoms with E-state index in [1.807, 2.05) is 66.2 Å². The summed E-state index contributed by atoms with van der Waals surface area (Å²) >= 11 is 0. The number of benzene rings is 2. The molecule has 14 nitrogen and oxygen atoms in total. The number of carbonyl (C=O) groups is 6. The predicted molar refractivity (Wildman–Crippen MR) is 183 cm³/mol. The van der Waals surface area contributed by atoms with E-state index in [-0.39, 0.29) is 17.6 Å². The average molecular weight is 669 g/mol. The highest BCUT2D eigenvalue weighted by molar-refractivity contribution is 6.37. The fourth-order valence-corrected chi connectivity index (χ4v) is 6.20. The van der Waals surface area contributed by atoms with Crippen LogP contribution >= 0.6 is 0 Å². The number of nitrogens with one attached hydrogen (secondary N) is 4. The van der Waals surface area contributed by atoms with Crippen LogP contribution < -0.4 is 32.7 Å². The molecule has 3 atom stereocenters. The Morgan fingerprint density at radius 1 is 0.898 bits per heavy atom. The van der Waals surface area contributed by atoms with Crippen LogP contribution in [0, 0.1) is 0 Å². The van der Waals surface area contributed by atoms with Gasteiger partial charge < -0.3 is 36.6 Å². The molecule has 256 valence electrons. The number of unbranched alkanes of at least 4 members (excludes halogenated alkanes) is 1. The van der Waals surface area contributed by atoms with Crippen LogP contribution in [-0.2, 0) is 35.8 Å². The van der Waals surface area contributed by atoms with Crippen LogP contribution in [0.4, 0.5) is 0 Å². The van der Waals surface area contributed by atoms with Crippen molar-refractivity contribution in [3.8, 4) is 0 Å². The lowest BCUT2D eigenvalue weighted by atomic mass is 9.93. The Balaban J connectivity index is 1.37. The fourth-order valence-electron chi connectivity index (χ4n) is 6.20. The lowest BCUT2D eigenvalue weighted by Crippen LogP contribution is -2.51. The van der Waals surface area contributed by atoms with E-state index >= 15 is 0 Å². The Bertz CT molecular complexity index is 1970. The number of hydrogen-bond donors (Lipinski definition) is 6. The first kappa shape index (κ1) is 34.6. The van der Waals surface area contributed by atoms with Gasteiger partial charge in [-0.1, -0.05) is 36.4 Å². The number of nitrogens with two attached hydrogens (primary N) is 2. The summed E-state index contributed by atoms with van der Waals surface area (Å²) in [7, 11) is 1.85.